The van der Waals surface area contributed by atoms with E-state index in [1.165, 1.54) is 18.2 Å². The molecule has 5 N–H and O–H groups in total. The molecule has 0 unspecified atom stereocenters. The molecule has 0 bridgehead atoms. The van der Waals surface area contributed by atoms with Gasteiger partial charge >= 0.3 is 0 Å². The standard InChI is InChI=1S/C21H21NO4/c22-13-14-26-21(15-7-1-4-10-18(15)23,16-8-2-5-11-19(16)24)17-9-3-6-12-20(17)25/h1-12,23-25H,13-14,22H2. The fraction of sp³-hybridized carbons (Fsp3) is 0.143. The maximum atomic E-state index is 10.6. The van der Waals surface area contributed by atoms with E-state index in [1.807, 2.05) is 0 Å². The lowest BCUT2D eigenvalue weighted by Gasteiger charge is -2.36. The summed E-state index contributed by atoms with van der Waals surface area (Å²) in [6.07, 6.45) is 0. The lowest BCUT2D eigenvalue weighted by molar-refractivity contribution is 0.0132. The van der Waals surface area contributed by atoms with Gasteiger partial charge in [0.05, 0.1) is 6.61 Å². The minimum absolute atomic E-state index is 0.0176. The molecule has 3 aromatic rings. The Hall–Kier alpha value is -3.02. The highest BCUT2D eigenvalue weighted by atomic mass is 16.5. The van der Waals surface area contributed by atoms with Crippen molar-refractivity contribution in [2.24, 2.45) is 5.73 Å². The summed E-state index contributed by atoms with van der Waals surface area (Å²) in [6.45, 7) is 0.382. The first kappa shape index (κ1) is 17.8. The number of benzene rings is 3. The maximum Gasteiger partial charge on any atom is 0.154 e. The summed E-state index contributed by atoms with van der Waals surface area (Å²) in [5, 5.41) is 31.7. The van der Waals surface area contributed by atoms with Crippen molar-refractivity contribution in [3.63, 3.8) is 0 Å². The van der Waals surface area contributed by atoms with Crippen LogP contribution in [0, 0.1) is 0 Å². The van der Waals surface area contributed by atoms with E-state index in [9.17, 15) is 15.3 Å². The molecule has 0 fully saturated rings. The Labute approximate surface area is 151 Å². The monoisotopic (exact) mass is 351 g/mol. The topological polar surface area (TPSA) is 95.9 Å². The Kier molecular flexibility index (Phi) is 5.11. The molecular weight excluding hydrogens is 330 g/mol. The van der Waals surface area contributed by atoms with Crippen molar-refractivity contribution < 1.29 is 20.1 Å². The van der Waals surface area contributed by atoms with E-state index in [4.69, 9.17) is 10.5 Å². The van der Waals surface area contributed by atoms with Gasteiger partial charge in [0.2, 0.25) is 0 Å². The molecule has 0 amide bonds. The van der Waals surface area contributed by atoms with Crippen molar-refractivity contribution >= 4 is 0 Å². The molecule has 5 heteroatoms. The van der Waals surface area contributed by atoms with Crippen LogP contribution in [0.4, 0.5) is 0 Å². The lowest BCUT2D eigenvalue weighted by atomic mass is 9.78. The number of phenols is 3. The lowest BCUT2D eigenvalue weighted by Crippen LogP contribution is -2.35. The van der Waals surface area contributed by atoms with Crippen molar-refractivity contribution in [2.45, 2.75) is 5.60 Å². The highest BCUT2D eigenvalue weighted by molar-refractivity contribution is 5.58. The highest BCUT2D eigenvalue weighted by Gasteiger charge is 2.43. The molecule has 0 radical (unpaired) electrons. The Morgan fingerprint density at radius 3 is 1.31 bits per heavy atom. The normalized spacial score (nSPS) is 11.4. The number of hydrogen-bond donors (Lipinski definition) is 4. The Balaban J connectivity index is 2.41. The predicted molar refractivity (Wildman–Crippen MR) is 99.2 cm³/mol. The quantitative estimate of drug-likeness (QED) is 0.512. The number of para-hydroxylation sites is 3. The van der Waals surface area contributed by atoms with Crippen LogP contribution in [0.5, 0.6) is 17.2 Å². The molecule has 0 heterocycles. The summed E-state index contributed by atoms with van der Waals surface area (Å²) in [5.41, 5.74) is 5.44. The second-order valence-electron chi connectivity index (χ2n) is 5.87. The zero-order chi connectivity index (χ0) is 18.6. The Morgan fingerprint density at radius 2 is 1.00 bits per heavy atom. The average molecular weight is 351 g/mol. The Morgan fingerprint density at radius 1 is 0.654 bits per heavy atom. The highest BCUT2D eigenvalue weighted by Crippen LogP contribution is 2.49. The van der Waals surface area contributed by atoms with E-state index < -0.39 is 5.60 Å². The number of phenolic OH excluding ortho intramolecular Hbond substituents is 3. The predicted octanol–water partition coefficient (Wildman–Crippen LogP) is 3.07. The number of hydrogen-bond acceptors (Lipinski definition) is 5. The SMILES string of the molecule is NCCOC(c1ccccc1O)(c1ccccc1O)c1ccccc1O. The molecule has 0 spiro atoms. The molecule has 0 aliphatic heterocycles. The van der Waals surface area contributed by atoms with Gasteiger partial charge < -0.3 is 25.8 Å². The third-order valence-electron chi connectivity index (χ3n) is 4.29. The summed E-state index contributed by atoms with van der Waals surface area (Å²) < 4.78 is 6.17. The first-order valence-corrected chi connectivity index (χ1v) is 8.30. The van der Waals surface area contributed by atoms with Crippen molar-refractivity contribution in [1.82, 2.24) is 0 Å². The summed E-state index contributed by atoms with van der Waals surface area (Å²) in [5.74, 6) is -0.0527. The van der Waals surface area contributed by atoms with Crippen molar-refractivity contribution in [3.8, 4) is 17.2 Å². The van der Waals surface area contributed by atoms with Crippen LogP contribution in [0.2, 0.25) is 0 Å². The largest absolute Gasteiger partial charge is 0.508 e. The van der Waals surface area contributed by atoms with E-state index in [-0.39, 0.29) is 30.4 Å². The van der Waals surface area contributed by atoms with Gasteiger partial charge in [-0.1, -0.05) is 54.6 Å². The first-order valence-electron chi connectivity index (χ1n) is 8.30. The Bertz CT molecular complexity index is 784. The summed E-state index contributed by atoms with van der Waals surface area (Å²) >= 11 is 0. The van der Waals surface area contributed by atoms with Gasteiger partial charge in [0.15, 0.2) is 5.60 Å². The van der Waals surface area contributed by atoms with Gasteiger partial charge in [0.25, 0.3) is 0 Å². The van der Waals surface area contributed by atoms with E-state index in [0.717, 1.165) is 0 Å². The molecule has 0 saturated heterocycles. The fourth-order valence-electron chi connectivity index (χ4n) is 3.19. The number of aromatic hydroxyl groups is 3. The van der Waals surface area contributed by atoms with E-state index >= 15 is 0 Å². The van der Waals surface area contributed by atoms with Gasteiger partial charge in [0, 0.05) is 23.2 Å². The van der Waals surface area contributed by atoms with Crippen molar-refractivity contribution in [3.05, 3.63) is 89.5 Å². The van der Waals surface area contributed by atoms with Crippen LogP contribution in [-0.2, 0) is 10.3 Å². The smallest absolute Gasteiger partial charge is 0.154 e. The second kappa shape index (κ2) is 7.47. The van der Waals surface area contributed by atoms with E-state index in [0.29, 0.717) is 16.7 Å². The van der Waals surface area contributed by atoms with Gasteiger partial charge in [-0.2, -0.15) is 0 Å². The molecular formula is C21H21NO4. The zero-order valence-electron chi connectivity index (χ0n) is 14.2. The molecule has 0 aromatic heterocycles. The summed E-state index contributed by atoms with van der Waals surface area (Å²) in [4.78, 5) is 0. The third kappa shape index (κ3) is 2.98. The molecule has 0 saturated carbocycles. The van der Waals surface area contributed by atoms with Crippen molar-refractivity contribution in [2.75, 3.05) is 13.2 Å². The van der Waals surface area contributed by atoms with Crippen LogP contribution in [0.3, 0.4) is 0 Å². The average Bonchev–Trinajstić information content (AvgIpc) is 2.65. The van der Waals surface area contributed by atoms with Crippen LogP contribution < -0.4 is 5.73 Å². The molecule has 5 nitrogen and oxygen atoms in total. The fourth-order valence-corrected chi connectivity index (χ4v) is 3.19. The molecule has 0 aliphatic carbocycles. The minimum Gasteiger partial charge on any atom is -0.508 e. The van der Waals surface area contributed by atoms with E-state index in [1.54, 1.807) is 54.6 Å². The van der Waals surface area contributed by atoms with Gasteiger partial charge in [-0.05, 0) is 18.2 Å². The van der Waals surface area contributed by atoms with Gasteiger partial charge in [-0.25, -0.2) is 0 Å². The van der Waals surface area contributed by atoms with Crippen LogP contribution in [0.25, 0.3) is 0 Å². The summed E-state index contributed by atoms with van der Waals surface area (Å²) in [7, 11) is 0. The number of rotatable bonds is 6. The van der Waals surface area contributed by atoms with Crippen LogP contribution >= 0.6 is 0 Å². The molecule has 3 aromatic carbocycles. The van der Waals surface area contributed by atoms with Gasteiger partial charge in [-0.3, -0.25) is 0 Å². The van der Waals surface area contributed by atoms with Gasteiger partial charge in [-0.15, -0.1) is 0 Å². The first-order chi connectivity index (χ1) is 12.6. The summed E-state index contributed by atoms with van der Waals surface area (Å²) in [6, 6.07) is 20.1. The van der Waals surface area contributed by atoms with E-state index in [2.05, 4.69) is 0 Å². The molecule has 134 valence electrons. The molecule has 0 atom stereocenters. The number of ether oxygens (including phenoxy) is 1. The molecule has 3 rings (SSSR count). The zero-order valence-corrected chi connectivity index (χ0v) is 14.2. The minimum atomic E-state index is -1.43. The molecule has 0 aliphatic rings. The van der Waals surface area contributed by atoms with Crippen molar-refractivity contribution in [1.29, 1.82) is 0 Å². The van der Waals surface area contributed by atoms with Crippen LogP contribution in [0.1, 0.15) is 16.7 Å². The number of nitrogens with two attached hydrogens (primary N) is 1. The van der Waals surface area contributed by atoms with Crippen LogP contribution in [-0.4, -0.2) is 28.5 Å². The third-order valence-corrected chi connectivity index (χ3v) is 4.29. The maximum absolute atomic E-state index is 10.6. The molecule has 26 heavy (non-hydrogen) atoms. The second-order valence-corrected chi connectivity index (χ2v) is 5.87. The van der Waals surface area contributed by atoms with Crippen LogP contribution in [0.15, 0.2) is 72.8 Å². The van der Waals surface area contributed by atoms with Gasteiger partial charge in [0.1, 0.15) is 17.2 Å².